The van der Waals surface area contributed by atoms with Crippen LogP contribution >= 0.6 is 0 Å². The Morgan fingerprint density at radius 3 is 2.44 bits per heavy atom. The van der Waals surface area contributed by atoms with Gasteiger partial charge in [0.1, 0.15) is 12.1 Å². The summed E-state index contributed by atoms with van der Waals surface area (Å²) >= 11 is 0. The van der Waals surface area contributed by atoms with Crippen LogP contribution in [-0.2, 0) is 14.3 Å². The first-order valence-corrected chi connectivity index (χ1v) is 5.96. The maximum Gasteiger partial charge on any atom is 0.408 e. The molecule has 1 saturated heterocycles. The van der Waals surface area contributed by atoms with Gasteiger partial charge in [-0.3, -0.25) is 10.2 Å². The molecule has 1 rings (SSSR count). The van der Waals surface area contributed by atoms with Crippen molar-refractivity contribution in [2.24, 2.45) is 0 Å². The molecular formula is C11H21N3O4. The number of hydrogen-bond donors (Lipinski definition) is 2. The molecule has 1 heterocycles. The third kappa shape index (κ3) is 6.41. The van der Waals surface area contributed by atoms with Crippen LogP contribution in [0.3, 0.4) is 0 Å². The van der Waals surface area contributed by atoms with Crippen LogP contribution in [0.4, 0.5) is 4.79 Å². The summed E-state index contributed by atoms with van der Waals surface area (Å²) in [5, 5.41) is 4.16. The molecule has 0 spiro atoms. The summed E-state index contributed by atoms with van der Waals surface area (Å²) in [7, 11) is 0. The molecule has 1 aliphatic rings. The Hall–Kier alpha value is -1.34. The van der Waals surface area contributed by atoms with Gasteiger partial charge < -0.3 is 14.8 Å². The van der Waals surface area contributed by atoms with Gasteiger partial charge in [0.25, 0.3) is 5.91 Å². The van der Waals surface area contributed by atoms with Crippen LogP contribution in [0.25, 0.3) is 0 Å². The topological polar surface area (TPSA) is 79.9 Å². The number of alkyl carbamates (subject to hydrolysis) is 1. The normalized spacial score (nSPS) is 17.1. The molecule has 0 saturated carbocycles. The van der Waals surface area contributed by atoms with Gasteiger partial charge in [-0.25, -0.2) is 9.80 Å². The van der Waals surface area contributed by atoms with Crippen LogP contribution in [0, 0.1) is 0 Å². The van der Waals surface area contributed by atoms with E-state index in [0.29, 0.717) is 26.3 Å². The van der Waals surface area contributed by atoms with Crippen LogP contribution in [0.5, 0.6) is 0 Å². The van der Waals surface area contributed by atoms with Gasteiger partial charge in [-0.1, -0.05) is 0 Å². The summed E-state index contributed by atoms with van der Waals surface area (Å²) in [6.07, 6.45) is -0.598. The first-order valence-electron chi connectivity index (χ1n) is 5.96. The van der Waals surface area contributed by atoms with Crippen LogP contribution in [-0.4, -0.2) is 55.5 Å². The number of carbonyl (C=O) groups excluding carboxylic acids is 2. The monoisotopic (exact) mass is 259 g/mol. The van der Waals surface area contributed by atoms with E-state index in [-0.39, 0.29) is 12.5 Å². The number of carbonyl (C=O) groups is 2. The van der Waals surface area contributed by atoms with E-state index in [2.05, 4.69) is 10.7 Å². The Morgan fingerprint density at radius 2 is 1.89 bits per heavy atom. The van der Waals surface area contributed by atoms with Crippen molar-refractivity contribution in [1.29, 1.82) is 0 Å². The summed E-state index contributed by atoms with van der Waals surface area (Å²) in [5.41, 5.74) is 2.12. The number of amides is 2. The number of hydrogen-bond acceptors (Lipinski definition) is 5. The van der Waals surface area contributed by atoms with Crippen molar-refractivity contribution < 1.29 is 19.1 Å². The number of rotatable bonds is 3. The highest BCUT2D eigenvalue weighted by molar-refractivity contribution is 5.81. The fraction of sp³-hybridized carbons (Fsp3) is 0.818. The fourth-order valence-electron chi connectivity index (χ4n) is 1.36. The molecule has 18 heavy (non-hydrogen) atoms. The molecule has 0 bridgehead atoms. The van der Waals surface area contributed by atoms with Crippen molar-refractivity contribution in [3.8, 4) is 0 Å². The molecule has 104 valence electrons. The summed E-state index contributed by atoms with van der Waals surface area (Å²) < 4.78 is 10.2. The highest BCUT2D eigenvalue weighted by Gasteiger charge is 2.17. The maximum absolute atomic E-state index is 11.5. The Labute approximate surface area is 107 Å². The lowest BCUT2D eigenvalue weighted by Crippen LogP contribution is -2.51. The van der Waals surface area contributed by atoms with Crippen molar-refractivity contribution in [3.05, 3.63) is 0 Å². The first kappa shape index (κ1) is 14.7. The maximum atomic E-state index is 11.5. The lowest BCUT2D eigenvalue weighted by atomic mass is 10.2. The molecule has 0 aliphatic carbocycles. The predicted octanol–water partition coefficient (Wildman–Crippen LogP) is -0.125. The Bertz CT molecular complexity index is 295. The molecule has 1 aliphatic heterocycles. The minimum atomic E-state index is -0.598. The molecule has 0 radical (unpaired) electrons. The zero-order chi connectivity index (χ0) is 13.6. The van der Waals surface area contributed by atoms with Crippen molar-refractivity contribution in [3.63, 3.8) is 0 Å². The second-order valence-corrected chi connectivity index (χ2v) is 4.99. The Morgan fingerprint density at radius 1 is 1.28 bits per heavy atom. The number of hydrazine groups is 1. The van der Waals surface area contributed by atoms with E-state index >= 15 is 0 Å². The van der Waals surface area contributed by atoms with Gasteiger partial charge in [0, 0.05) is 13.1 Å². The Kier molecular flexibility index (Phi) is 5.36. The summed E-state index contributed by atoms with van der Waals surface area (Å²) in [4.78, 5) is 22.8. The molecule has 0 atom stereocenters. The van der Waals surface area contributed by atoms with Crippen LogP contribution < -0.4 is 10.7 Å². The molecule has 7 nitrogen and oxygen atoms in total. The Balaban J connectivity index is 2.18. The van der Waals surface area contributed by atoms with E-state index in [1.54, 1.807) is 25.8 Å². The summed E-state index contributed by atoms with van der Waals surface area (Å²) in [6, 6.07) is 0. The average Bonchev–Trinajstić information content (AvgIpc) is 2.25. The third-order valence-corrected chi connectivity index (χ3v) is 2.09. The highest BCUT2D eigenvalue weighted by Crippen LogP contribution is 2.06. The van der Waals surface area contributed by atoms with Crippen molar-refractivity contribution in [2.75, 3.05) is 32.8 Å². The van der Waals surface area contributed by atoms with E-state index in [0.717, 1.165) is 0 Å². The van der Waals surface area contributed by atoms with Crippen LogP contribution in [0.1, 0.15) is 20.8 Å². The second-order valence-electron chi connectivity index (χ2n) is 4.99. The second kappa shape index (κ2) is 6.55. The van der Waals surface area contributed by atoms with Gasteiger partial charge in [0.05, 0.1) is 13.2 Å². The van der Waals surface area contributed by atoms with E-state index in [9.17, 15) is 9.59 Å². The first-order chi connectivity index (χ1) is 8.37. The van der Waals surface area contributed by atoms with E-state index in [1.807, 2.05) is 0 Å². The molecule has 0 aromatic rings. The predicted molar refractivity (Wildman–Crippen MR) is 64.8 cm³/mol. The van der Waals surface area contributed by atoms with E-state index in [1.165, 1.54) is 0 Å². The number of nitrogens with zero attached hydrogens (tertiary/aromatic N) is 1. The molecule has 2 N–H and O–H groups in total. The molecule has 7 heteroatoms. The molecule has 2 amide bonds. The number of morpholine rings is 1. The minimum Gasteiger partial charge on any atom is -0.444 e. The van der Waals surface area contributed by atoms with Gasteiger partial charge in [-0.05, 0) is 20.8 Å². The lowest BCUT2D eigenvalue weighted by molar-refractivity contribution is -0.127. The summed E-state index contributed by atoms with van der Waals surface area (Å²) in [5.74, 6) is -0.275. The summed E-state index contributed by atoms with van der Waals surface area (Å²) in [6.45, 7) is 7.68. The molecule has 0 aromatic carbocycles. The smallest absolute Gasteiger partial charge is 0.408 e. The quantitative estimate of drug-likeness (QED) is 0.738. The van der Waals surface area contributed by atoms with E-state index < -0.39 is 11.7 Å². The number of ether oxygens (including phenoxy) is 2. The van der Waals surface area contributed by atoms with Crippen molar-refractivity contribution in [2.45, 2.75) is 26.4 Å². The van der Waals surface area contributed by atoms with Gasteiger partial charge in [-0.2, -0.15) is 0 Å². The minimum absolute atomic E-state index is 0.105. The van der Waals surface area contributed by atoms with Crippen molar-refractivity contribution >= 4 is 12.0 Å². The molecule has 0 aromatic heterocycles. The highest BCUT2D eigenvalue weighted by atomic mass is 16.6. The zero-order valence-corrected chi connectivity index (χ0v) is 11.1. The molecular weight excluding hydrogens is 238 g/mol. The SMILES string of the molecule is CC(C)(C)OC(=O)NCC(=O)NN1CCOCC1. The van der Waals surface area contributed by atoms with Crippen molar-refractivity contribution in [1.82, 2.24) is 15.8 Å². The number of nitrogens with one attached hydrogen (secondary N) is 2. The van der Waals surface area contributed by atoms with E-state index in [4.69, 9.17) is 9.47 Å². The zero-order valence-electron chi connectivity index (χ0n) is 11.1. The van der Waals surface area contributed by atoms with Gasteiger partial charge in [0.2, 0.25) is 0 Å². The lowest BCUT2D eigenvalue weighted by Gasteiger charge is -2.27. The molecule has 0 unspecified atom stereocenters. The van der Waals surface area contributed by atoms with Crippen LogP contribution in [0.2, 0.25) is 0 Å². The van der Waals surface area contributed by atoms with Crippen LogP contribution in [0.15, 0.2) is 0 Å². The fourth-order valence-corrected chi connectivity index (χ4v) is 1.36. The largest absolute Gasteiger partial charge is 0.444 e. The van der Waals surface area contributed by atoms with Gasteiger partial charge >= 0.3 is 6.09 Å². The van der Waals surface area contributed by atoms with Gasteiger partial charge in [-0.15, -0.1) is 0 Å². The third-order valence-electron chi connectivity index (χ3n) is 2.09. The standard InChI is InChI=1S/C11H21N3O4/c1-11(2,3)18-10(16)12-8-9(15)13-14-4-6-17-7-5-14/h4-8H2,1-3H3,(H,12,16)(H,13,15). The molecule has 1 fully saturated rings. The average molecular weight is 259 g/mol. The van der Waals surface area contributed by atoms with Gasteiger partial charge in [0.15, 0.2) is 0 Å².